The lowest BCUT2D eigenvalue weighted by Gasteiger charge is -2.08. The maximum Gasteiger partial charge on any atom is 0.0897 e. The third-order valence-corrected chi connectivity index (χ3v) is 2.94. The van der Waals surface area contributed by atoms with Gasteiger partial charge in [0.15, 0.2) is 0 Å². The molecule has 0 aliphatic heterocycles. The number of hydrogen-bond acceptors (Lipinski definition) is 3. The molecule has 0 fully saturated rings. The van der Waals surface area contributed by atoms with Gasteiger partial charge < -0.3 is 5.32 Å². The zero-order chi connectivity index (χ0) is 9.68. The highest BCUT2D eigenvalue weighted by Gasteiger charge is 2.07. The van der Waals surface area contributed by atoms with Crippen molar-refractivity contribution in [2.24, 2.45) is 0 Å². The molecule has 0 saturated carbocycles. The monoisotopic (exact) mass is 198 g/mol. The lowest BCUT2D eigenvalue weighted by atomic mass is 10.1. The van der Waals surface area contributed by atoms with Crippen molar-refractivity contribution in [3.8, 4) is 0 Å². The van der Waals surface area contributed by atoms with E-state index in [1.54, 1.807) is 11.3 Å². The van der Waals surface area contributed by atoms with Gasteiger partial charge in [0, 0.05) is 11.3 Å². The van der Waals surface area contributed by atoms with Crippen molar-refractivity contribution in [2.45, 2.75) is 33.1 Å². The molecule has 0 aromatic carbocycles. The Bertz CT molecular complexity index is 245. The fraction of sp³-hybridized carbons (Fsp3) is 0.700. The first kappa shape index (κ1) is 10.7. The van der Waals surface area contributed by atoms with Gasteiger partial charge >= 0.3 is 0 Å². The lowest BCUT2D eigenvalue weighted by molar-refractivity contribution is 0.600. The molecule has 1 aromatic rings. The maximum atomic E-state index is 4.48. The van der Waals surface area contributed by atoms with Crippen molar-refractivity contribution in [2.75, 3.05) is 13.1 Å². The number of nitrogens with one attached hydrogen (secondary N) is 1. The molecule has 2 nitrogen and oxygen atoms in total. The van der Waals surface area contributed by atoms with Crippen LogP contribution in [-0.4, -0.2) is 18.1 Å². The van der Waals surface area contributed by atoms with Crippen LogP contribution in [0.2, 0.25) is 0 Å². The molecule has 1 rings (SSSR count). The van der Waals surface area contributed by atoms with E-state index in [2.05, 4.69) is 36.5 Å². The topological polar surface area (TPSA) is 24.9 Å². The number of thiazole rings is 1. The van der Waals surface area contributed by atoms with Gasteiger partial charge in [-0.1, -0.05) is 13.8 Å². The van der Waals surface area contributed by atoms with Gasteiger partial charge in [0.05, 0.1) is 10.7 Å². The standard InChI is InChI=1S/C10H18N2S/c1-4-11-6-5-8(2)10-7-13-9(3)12-10/h7-8,11H,4-6H2,1-3H3. The maximum absolute atomic E-state index is 4.48. The predicted octanol–water partition coefficient (Wildman–Crippen LogP) is 2.55. The first-order chi connectivity index (χ1) is 6.24. The molecule has 1 unspecified atom stereocenters. The summed E-state index contributed by atoms with van der Waals surface area (Å²) in [5.41, 5.74) is 1.25. The Kier molecular flexibility index (Phi) is 4.39. The molecule has 1 heterocycles. The highest BCUT2D eigenvalue weighted by molar-refractivity contribution is 7.09. The number of rotatable bonds is 5. The van der Waals surface area contributed by atoms with E-state index in [-0.39, 0.29) is 0 Å². The molecule has 0 radical (unpaired) electrons. The Hall–Kier alpha value is -0.410. The van der Waals surface area contributed by atoms with E-state index in [4.69, 9.17) is 0 Å². The summed E-state index contributed by atoms with van der Waals surface area (Å²) in [6.45, 7) is 8.59. The second kappa shape index (κ2) is 5.35. The van der Waals surface area contributed by atoms with Crippen LogP contribution < -0.4 is 5.32 Å². The quantitative estimate of drug-likeness (QED) is 0.735. The summed E-state index contributed by atoms with van der Waals surface area (Å²) < 4.78 is 0. The number of aryl methyl sites for hydroxylation is 1. The minimum absolute atomic E-state index is 0.587. The Morgan fingerprint density at radius 2 is 2.38 bits per heavy atom. The Morgan fingerprint density at radius 3 is 2.92 bits per heavy atom. The Morgan fingerprint density at radius 1 is 1.62 bits per heavy atom. The van der Waals surface area contributed by atoms with E-state index < -0.39 is 0 Å². The van der Waals surface area contributed by atoms with E-state index in [9.17, 15) is 0 Å². The minimum Gasteiger partial charge on any atom is -0.317 e. The number of nitrogens with zero attached hydrogens (tertiary/aromatic N) is 1. The van der Waals surface area contributed by atoms with Crippen molar-refractivity contribution in [1.29, 1.82) is 0 Å². The predicted molar refractivity (Wildman–Crippen MR) is 58.4 cm³/mol. The summed E-state index contributed by atoms with van der Waals surface area (Å²) in [5, 5.41) is 6.68. The minimum atomic E-state index is 0.587. The average molecular weight is 198 g/mol. The molecule has 3 heteroatoms. The van der Waals surface area contributed by atoms with Crippen molar-refractivity contribution in [3.63, 3.8) is 0 Å². The molecule has 1 N–H and O–H groups in total. The molecule has 0 spiro atoms. The highest BCUT2D eigenvalue weighted by Crippen LogP contribution is 2.20. The SMILES string of the molecule is CCNCCC(C)c1csc(C)n1. The fourth-order valence-electron chi connectivity index (χ4n) is 1.25. The van der Waals surface area contributed by atoms with Crippen LogP contribution in [0.25, 0.3) is 0 Å². The molecule has 0 saturated heterocycles. The van der Waals surface area contributed by atoms with Crippen LogP contribution in [0.1, 0.15) is 36.9 Å². The zero-order valence-corrected chi connectivity index (χ0v) is 9.45. The molecule has 13 heavy (non-hydrogen) atoms. The summed E-state index contributed by atoms with van der Waals surface area (Å²) >= 11 is 1.74. The molecular weight excluding hydrogens is 180 g/mol. The lowest BCUT2D eigenvalue weighted by Crippen LogP contribution is -2.16. The van der Waals surface area contributed by atoms with Crippen LogP contribution in [0.5, 0.6) is 0 Å². The molecule has 0 aliphatic carbocycles. The molecular formula is C10H18N2S. The summed E-state index contributed by atoms with van der Waals surface area (Å²) in [5.74, 6) is 0.587. The second-order valence-corrected chi connectivity index (χ2v) is 4.40. The van der Waals surface area contributed by atoms with E-state index in [0.717, 1.165) is 13.1 Å². The van der Waals surface area contributed by atoms with Crippen LogP contribution >= 0.6 is 11.3 Å². The number of aromatic nitrogens is 1. The van der Waals surface area contributed by atoms with Gasteiger partial charge in [-0.25, -0.2) is 4.98 Å². The third-order valence-electron chi connectivity index (χ3n) is 2.15. The van der Waals surface area contributed by atoms with E-state index in [0.29, 0.717) is 5.92 Å². The van der Waals surface area contributed by atoms with Crippen LogP contribution in [0.15, 0.2) is 5.38 Å². The zero-order valence-electron chi connectivity index (χ0n) is 8.63. The van der Waals surface area contributed by atoms with Crippen molar-refractivity contribution in [1.82, 2.24) is 10.3 Å². The molecule has 0 bridgehead atoms. The van der Waals surface area contributed by atoms with Gasteiger partial charge in [0.25, 0.3) is 0 Å². The normalized spacial score (nSPS) is 13.2. The molecule has 1 aromatic heterocycles. The van der Waals surface area contributed by atoms with Gasteiger partial charge in [-0.2, -0.15) is 0 Å². The van der Waals surface area contributed by atoms with E-state index in [1.165, 1.54) is 17.1 Å². The fourth-order valence-corrected chi connectivity index (χ4v) is 1.98. The smallest absolute Gasteiger partial charge is 0.0897 e. The third kappa shape index (κ3) is 3.44. The highest BCUT2D eigenvalue weighted by atomic mass is 32.1. The van der Waals surface area contributed by atoms with Crippen molar-refractivity contribution < 1.29 is 0 Å². The van der Waals surface area contributed by atoms with Gasteiger partial charge in [-0.05, 0) is 26.4 Å². The van der Waals surface area contributed by atoms with E-state index >= 15 is 0 Å². The second-order valence-electron chi connectivity index (χ2n) is 3.33. The largest absolute Gasteiger partial charge is 0.317 e. The van der Waals surface area contributed by atoms with Crippen molar-refractivity contribution >= 4 is 11.3 Å². The van der Waals surface area contributed by atoms with Gasteiger partial charge in [0.2, 0.25) is 0 Å². The molecule has 74 valence electrons. The summed E-state index contributed by atoms with van der Waals surface area (Å²) in [6.07, 6.45) is 1.18. The first-order valence-electron chi connectivity index (χ1n) is 4.86. The molecule has 0 aliphatic rings. The van der Waals surface area contributed by atoms with Gasteiger partial charge in [0.1, 0.15) is 0 Å². The van der Waals surface area contributed by atoms with Gasteiger partial charge in [-0.15, -0.1) is 11.3 Å². The van der Waals surface area contributed by atoms with Crippen LogP contribution in [-0.2, 0) is 0 Å². The van der Waals surface area contributed by atoms with Crippen LogP contribution in [0, 0.1) is 6.92 Å². The summed E-state index contributed by atoms with van der Waals surface area (Å²) in [7, 11) is 0. The number of hydrogen-bond donors (Lipinski definition) is 1. The Labute approximate surface area is 84.4 Å². The first-order valence-corrected chi connectivity index (χ1v) is 5.74. The molecule has 1 atom stereocenters. The van der Waals surface area contributed by atoms with Crippen LogP contribution in [0.4, 0.5) is 0 Å². The average Bonchev–Trinajstić information content (AvgIpc) is 2.52. The van der Waals surface area contributed by atoms with E-state index in [1.807, 2.05) is 0 Å². The molecule has 0 amide bonds. The van der Waals surface area contributed by atoms with Crippen LogP contribution in [0.3, 0.4) is 0 Å². The summed E-state index contributed by atoms with van der Waals surface area (Å²) in [6, 6.07) is 0. The van der Waals surface area contributed by atoms with Crippen molar-refractivity contribution in [3.05, 3.63) is 16.1 Å². The van der Waals surface area contributed by atoms with Gasteiger partial charge in [-0.3, -0.25) is 0 Å². The summed E-state index contributed by atoms with van der Waals surface area (Å²) in [4.78, 5) is 4.48. The Balaban J connectivity index is 2.35.